The van der Waals surface area contributed by atoms with Gasteiger partial charge in [0.1, 0.15) is 5.75 Å². The molecule has 0 aliphatic carbocycles. The van der Waals surface area contributed by atoms with Crippen LogP contribution in [0.25, 0.3) is 16.7 Å². The van der Waals surface area contributed by atoms with E-state index in [1.165, 1.54) is 0 Å². The molecule has 1 atom stereocenters. The van der Waals surface area contributed by atoms with Crippen LogP contribution in [0.5, 0.6) is 5.75 Å². The average Bonchev–Trinajstić information content (AvgIpc) is 2.97. The summed E-state index contributed by atoms with van der Waals surface area (Å²) in [5.74, 6) is 0.833. The van der Waals surface area contributed by atoms with Crippen LogP contribution in [0.2, 0.25) is 10.0 Å². The number of ether oxygens (including phenoxy) is 2. The molecule has 218 valence electrons. The van der Waals surface area contributed by atoms with Crippen molar-refractivity contribution in [3.63, 3.8) is 0 Å². The van der Waals surface area contributed by atoms with Crippen molar-refractivity contribution in [3.05, 3.63) is 124 Å². The summed E-state index contributed by atoms with van der Waals surface area (Å²) in [6, 6.07) is 30.4. The Kier molecular flexibility index (Phi) is 9.60. The second kappa shape index (κ2) is 13.4. The van der Waals surface area contributed by atoms with Crippen LogP contribution >= 0.6 is 23.2 Å². The smallest absolute Gasteiger partial charge is 0.126 e. The number of methoxy groups -OCH3 is 1. The van der Waals surface area contributed by atoms with Crippen molar-refractivity contribution in [2.75, 3.05) is 25.4 Å². The number of hydrogen-bond donors (Lipinski definition) is 0. The summed E-state index contributed by atoms with van der Waals surface area (Å²) < 4.78 is 12.1. The van der Waals surface area contributed by atoms with Gasteiger partial charge in [-0.15, -0.1) is 0 Å². The lowest BCUT2D eigenvalue weighted by molar-refractivity contribution is 0.0733. The molecule has 0 fully saturated rings. The number of para-hydroxylation sites is 1. The molecule has 0 aromatic heterocycles. The molecule has 4 aromatic carbocycles. The van der Waals surface area contributed by atoms with E-state index in [-0.39, 0.29) is 6.10 Å². The molecule has 1 unspecified atom stereocenters. The zero-order chi connectivity index (χ0) is 29.7. The predicted molar refractivity (Wildman–Crippen MR) is 175 cm³/mol. The fraction of sp³-hybridized carbons (Fsp3) is 0.278. The number of fused-ring (bicyclic) bond motifs is 1. The lowest BCUT2D eigenvalue weighted by Gasteiger charge is -2.43. The van der Waals surface area contributed by atoms with E-state index in [4.69, 9.17) is 37.5 Å². The van der Waals surface area contributed by atoms with E-state index in [2.05, 4.69) is 63.2 Å². The molecule has 0 saturated carbocycles. The lowest BCUT2D eigenvalue weighted by Crippen LogP contribution is -2.46. The van der Waals surface area contributed by atoms with Crippen molar-refractivity contribution in [2.45, 2.75) is 45.3 Å². The first-order chi connectivity index (χ1) is 20.2. The fourth-order valence-corrected chi connectivity index (χ4v) is 5.90. The summed E-state index contributed by atoms with van der Waals surface area (Å²) >= 11 is 12.4. The van der Waals surface area contributed by atoms with E-state index in [0.717, 1.165) is 67.7 Å². The largest absolute Gasteiger partial charge is 0.496 e. The van der Waals surface area contributed by atoms with Gasteiger partial charge in [0.05, 0.1) is 37.7 Å². The highest BCUT2D eigenvalue weighted by Gasteiger charge is 2.35. The minimum absolute atomic E-state index is 0.135. The molecule has 42 heavy (non-hydrogen) atoms. The van der Waals surface area contributed by atoms with Crippen molar-refractivity contribution >= 4 is 34.5 Å². The summed E-state index contributed by atoms with van der Waals surface area (Å²) in [5.41, 5.74) is 7.22. The van der Waals surface area contributed by atoms with E-state index in [0.29, 0.717) is 13.2 Å². The molecular formula is C36H37Cl2NO3. The topological polar surface area (TPSA) is 30.9 Å². The number of anilines is 1. The van der Waals surface area contributed by atoms with Crippen LogP contribution < -0.4 is 9.80 Å². The minimum atomic E-state index is -0.410. The van der Waals surface area contributed by atoms with Gasteiger partial charge in [-0.2, -0.15) is 0 Å². The first kappa shape index (κ1) is 30.2. The highest BCUT2D eigenvalue weighted by Crippen LogP contribution is 2.44. The third kappa shape index (κ3) is 7.02. The maximum Gasteiger partial charge on any atom is 0.126 e. The Morgan fingerprint density at radius 3 is 2.10 bits per heavy atom. The Morgan fingerprint density at radius 1 is 0.762 bits per heavy atom. The zero-order valence-corrected chi connectivity index (χ0v) is 26.1. The SMILES string of the molecule is COc1ccccc1-c1ccc2c(c1)C(C(C)OCCc1cccc(Cl)c1)=CC(C)(C)N2OCCc1cccc(Cl)c1. The Hall–Kier alpha value is -3.28. The molecule has 0 N–H and O–H groups in total. The Labute approximate surface area is 259 Å². The van der Waals surface area contributed by atoms with Gasteiger partial charge in [0.2, 0.25) is 0 Å². The second-order valence-corrected chi connectivity index (χ2v) is 12.0. The Balaban J connectivity index is 1.44. The van der Waals surface area contributed by atoms with Gasteiger partial charge in [0.25, 0.3) is 0 Å². The predicted octanol–water partition coefficient (Wildman–Crippen LogP) is 9.47. The summed E-state index contributed by atoms with van der Waals surface area (Å²) in [7, 11) is 1.70. The van der Waals surface area contributed by atoms with Gasteiger partial charge in [-0.05, 0) is 98.3 Å². The van der Waals surface area contributed by atoms with Gasteiger partial charge in [-0.3, -0.25) is 4.84 Å². The van der Waals surface area contributed by atoms with E-state index in [1.807, 2.05) is 59.7 Å². The van der Waals surface area contributed by atoms with Gasteiger partial charge in [-0.1, -0.05) is 77.8 Å². The highest BCUT2D eigenvalue weighted by atomic mass is 35.5. The molecule has 4 aromatic rings. The molecule has 6 heteroatoms. The average molecular weight is 603 g/mol. The van der Waals surface area contributed by atoms with E-state index in [9.17, 15) is 0 Å². The number of benzene rings is 4. The van der Waals surface area contributed by atoms with Crippen LogP contribution in [0.15, 0.2) is 97.1 Å². The monoisotopic (exact) mass is 601 g/mol. The van der Waals surface area contributed by atoms with Crippen LogP contribution in [0.1, 0.15) is 37.5 Å². The molecule has 0 radical (unpaired) electrons. The molecular weight excluding hydrogens is 565 g/mol. The Bertz CT molecular complexity index is 1570. The van der Waals surface area contributed by atoms with Crippen molar-refractivity contribution < 1.29 is 14.3 Å². The van der Waals surface area contributed by atoms with Gasteiger partial charge < -0.3 is 9.47 Å². The molecule has 1 aliphatic rings. The molecule has 0 bridgehead atoms. The third-order valence-corrected chi connectivity index (χ3v) is 8.03. The molecule has 0 spiro atoms. The van der Waals surface area contributed by atoms with Crippen LogP contribution in [-0.4, -0.2) is 32.0 Å². The second-order valence-electron chi connectivity index (χ2n) is 11.1. The van der Waals surface area contributed by atoms with Crippen LogP contribution in [-0.2, 0) is 22.4 Å². The van der Waals surface area contributed by atoms with Crippen molar-refractivity contribution in [2.24, 2.45) is 0 Å². The fourth-order valence-electron chi connectivity index (χ4n) is 5.48. The van der Waals surface area contributed by atoms with Gasteiger partial charge >= 0.3 is 0 Å². The van der Waals surface area contributed by atoms with E-state index in [1.54, 1.807) is 7.11 Å². The van der Waals surface area contributed by atoms with Crippen molar-refractivity contribution in [3.8, 4) is 16.9 Å². The molecule has 1 heterocycles. The van der Waals surface area contributed by atoms with Crippen molar-refractivity contribution in [1.29, 1.82) is 0 Å². The number of rotatable bonds is 11. The standard InChI is InChI=1S/C36H37Cl2NO3/c1-25(41-19-17-26-9-7-11-29(37)21-26)33-24-36(2,3)39(42-20-18-27-10-8-12-30(38)22-27)34-16-15-28(23-32(33)34)31-13-5-6-14-35(31)40-4/h5-16,21-25H,17-20H2,1-4H3. The van der Waals surface area contributed by atoms with Crippen LogP contribution in [0.3, 0.4) is 0 Å². The van der Waals surface area contributed by atoms with Gasteiger partial charge in [0.15, 0.2) is 0 Å². The minimum Gasteiger partial charge on any atom is -0.496 e. The normalized spacial score (nSPS) is 14.7. The van der Waals surface area contributed by atoms with Crippen LogP contribution in [0.4, 0.5) is 5.69 Å². The van der Waals surface area contributed by atoms with E-state index < -0.39 is 5.54 Å². The van der Waals surface area contributed by atoms with Crippen molar-refractivity contribution in [1.82, 2.24) is 0 Å². The molecule has 0 saturated heterocycles. The number of nitrogens with zero attached hydrogens (tertiary/aromatic N) is 1. The maximum absolute atomic E-state index is 6.50. The zero-order valence-electron chi connectivity index (χ0n) is 24.6. The number of hydrogen-bond acceptors (Lipinski definition) is 4. The van der Waals surface area contributed by atoms with E-state index >= 15 is 0 Å². The highest BCUT2D eigenvalue weighted by molar-refractivity contribution is 6.30. The quantitative estimate of drug-likeness (QED) is 0.171. The maximum atomic E-state index is 6.50. The first-order valence-electron chi connectivity index (χ1n) is 14.3. The first-order valence-corrected chi connectivity index (χ1v) is 15.0. The summed E-state index contributed by atoms with van der Waals surface area (Å²) in [5, 5.41) is 3.50. The van der Waals surface area contributed by atoms with Gasteiger partial charge in [-0.25, -0.2) is 5.06 Å². The summed E-state index contributed by atoms with van der Waals surface area (Å²) in [6.07, 6.45) is 3.67. The summed E-state index contributed by atoms with van der Waals surface area (Å²) in [4.78, 5) is 6.50. The molecule has 4 nitrogen and oxygen atoms in total. The number of halogens is 2. The number of hydroxylamine groups is 1. The third-order valence-electron chi connectivity index (χ3n) is 7.56. The molecule has 1 aliphatic heterocycles. The van der Waals surface area contributed by atoms with Gasteiger partial charge in [0, 0.05) is 21.2 Å². The lowest BCUT2D eigenvalue weighted by atomic mass is 9.86. The molecule has 0 amide bonds. The van der Waals surface area contributed by atoms with Crippen LogP contribution in [0, 0.1) is 0 Å². The Morgan fingerprint density at radius 2 is 1.43 bits per heavy atom. The summed E-state index contributed by atoms with van der Waals surface area (Å²) in [6.45, 7) is 7.56. The molecule has 5 rings (SSSR count).